The fourth-order valence-electron chi connectivity index (χ4n) is 3.07. The third-order valence-corrected chi connectivity index (χ3v) is 5.66. The lowest BCUT2D eigenvalue weighted by atomic mass is 9.88. The van der Waals surface area contributed by atoms with Crippen molar-refractivity contribution in [2.24, 2.45) is 0 Å². The summed E-state index contributed by atoms with van der Waals surface area (Å²) in [6.07, 6.45) is 1.54. The monoisotopic (exact) mass is 330 g/mol. The second kappa shape index (κ2) is 6.72. The van der Waals surface area contributed by atoms with Crippen LogP contribution in [0.4, 0.5) is 4.79 Å². The summed E-state index contributed by atoms with van der Waals surface area (Å²) in [6, 6.07) is 11.7. The summed E-state index contributed by atoms with van der Waals surface area (Å²) in [4.78, 5) is 16.0. The predicted molar refractivity (Wildman–Crippen MR) is 92.5 cm³/mol. The molecule has 0 aliphatic carbocycles. The summed E-state index contributed by atoms with van der Waals surface area (Å²) in [5.74, 6) is 0. The molecule has 1 unspecified atom stereocenters. The summed E-state index contributed by atoms with van der Waals surface area (Å²) in [6.45, 7) is 3.23. The largest absolute Gasteiger partial charge is 0.394 e. The van der Waals surface area contributed by atoms with Crippen molar-refractivity contribution in [2.75, 3.05) is 13.2 Å². The average molecular weight is 330 g/mol. The second-order valence-electron chi connectivity index (χ2n) is 5.93. The molecule has 122 valence electrons. The number of aliphatic hydroxyl groups is 1. The molecule has 1 aromatic carbocycles. The number of nitrogens with zero attached hydrogens (tertiary/aromatic N) is 1. The van der Waals surface area contributed by atoms with E-state index in [0.717, 1.165) is 18.5 Å². The van der Waals surface area contributed by atoms with E-state index < -0.39 is 5.54 Å². The van der Waals surface area contributed by atoms with Gasteiger partial charge in [-0.05, 0) is 35.4 Å². The zero-order valence-electron chi connectivity index (χ0n) is 13.3. The highest BCUT2D eigenvalue weighted by Gasteiger charge is 2.33. The molecule has 5 heteroatoms. The maximum atomic E-state index is 12.7. The van der Waals surface area contributed by atoms with Crippen molar-refractivity contribution in [3.05, 3.63) is 57.8 Å². The summed E-state index contributed by atoms with van der Waals surface area (Å²) < 4.78 is 0. The number of nitrogens with one attached hydrogen (secondary N) is 1. The molecule has 0 spiro atoms. The zero-order chi connectivity index (χ0) is 16.3. The quantitative estimate of drug-likeness (QED) is 0.905. The molecular weight excluding hydrogens is 308 g/mol. The molecule has 1 atom stereocenters. The number of hydrogen-bond donors (Lipinski definition) is 2. The SMILES string of the molecule is CCC(CO)(NC(=O)N1CCc2sccc2C1)c1ccccc1. The number of rotatable bonds is 4. The Morgan fingerprint density at radius 1 is 1.35 bits per heavy atom. The second-order valence-corrected chi connectivity index (χ2v) is 6.93. The molecular formula is C18H22N2O2S. The number of benzene rings is 1. The molecule has 1 aliphatic rings. The maximum absolute atomic E-state index is 12.7. The van der Waals surface area contributed by atoms with Crippen LogP contribution in [0.5, 0.6) is 0 Å². The van der Waals surface area contributed by atoms with Gasteiger partial charge in [0.1, 0.15) is 0 Å². The van der Waals surface area contributed by atoms with Crippen LogP contribution in [0, 0.1) is 0 Å². The highest BCUT2D eigenvalue weighted by molar-refractivity contribution is 7.10. The highest BCUT2D eigenvalue weighted by atomic mass is 32.1. The Hall–Kier alpha value is -1.85. The number of aliphatic hydroxyl groups excluding tert-OH is 1. The van der Waals surface area contributed by atoms with Crippen LogP contribution >= 0.6 is 11.3 Å². The number of carbonyl (C=O) groups is 1. The van der Waals surface area contributed by atoms with Gasteiger partial charge >= 0.3 is 6.03 Å². The van der Waals surface area contributed by atoms with Crippen molar-refractivity contribution in [1.82, 2.24) is 10.2 Å². The number of amides is 2. The van der Waals surface area contributed by atoms with E-state index in [0.29, 0.717) is 13.0 Å². The Bertz CT molecular complexity index is 665. The Balaban J connectivity index is 1.77. The number of thiophene rings is 1. The van der Waals surface area contributed by atoms with Crippen LogP contribution in [-0.4, -0.2) is 29.2 Å². The number of carbonyl (C=O) groups excluding carboxylic acids is 1. The van der Waals surface area contributed by atoms with E-state index in [-0.39, 0.29) is 12.6 Å². The normalized spacial score (nSPS) is 16.5. The van der Waals surface area contributed by atoms with E-state index in [2.05, 4.69) is 16.8 Å². The molecule has 1 aliphatic heterocycles. The minimum absolute atomic E-state index is 0.110. The Kier molecular flexibility index (Phi) is 4.68. The van der Waals surface area contributed by atoms with Gasteiger partial charge in [-0.25, -0.2) is 4.79 Å². The number of hydrogen-bond acceptors (Lipinski definition) is 3. The highest BCUT2D eigenvalue weighted by Crippen LogP contribution is 2.27. The Morgan fingerprint density at radius 3 is 2.83 bits per heavy atom. The summed E-state index contributed by atoms with van der Waals surface area (Å²) in [5.41, 5.74) is 1.45. The standard InChI is InChI=1S/C18H22N2O2S/c1-2-18(13-21,15-6-4-3-5-7-15)19-17(22)20-10-8-16-14(12-20)9-11-23-16/h3-7,9,11,21H,2,8,10,12-13H2,1H3,(H,19,22). The van der Waals surface area contributed by atoms with E-state index in [4.69, 9.17) is 0 Å². The van der Waals surface area contributed by atoms with Gasteiger partial charge in [0.25, 0.3) is 0 Å². The predicted octanol–water partition coefficient (Wildman–Crippen LogP) is 3.11. The first-order chi connectivity index (χ1) is 11.2. The lowest BCUT2D eigenvalue weighted by Crippen LogP contribution is -2.53. The van der Waals surface area contributed by atoms with Crippen molar-refractivity contribution < 1.29 is 9.90 Å². The molecule has 23 heavy (non-hydrogen) atoms. The van der Waals surface area contributed by atoms with Crippen LogP contribution in [0.15, 0.2) is 41.8 Å². The summed E-state index contributed by atoms with van der Waals surface area (Å²) in [7, 11) is 0. The van der Waals surface area contributed by atoms with Gasteiger partial charge in [-0.2, -0.15) is 0 Å². The molecule has 0 saturated carbocycles. The van der Waals surface area contributed by atoms with E-state index in [1.807, 2.05) is 42.2 Å². The minimum Gasteiger partial charge on any atom is -0.394 e. The van der Waals surface area contributed by atoms with Gasteiger partial charge in [0.05, 0.1) is 12.1 Å². The first-order valence-corrected chi connectivity index (χ1v) is 8.85. The molecule has 0 bridgehead atoms. The van der Waals surface area contributed by atoms with E-state index in [1.54, 1.807) is 11.3 Å². The fraction of sp³-hybridized carbons (Fsp3) is 0.389. The Morgan fingerprint density at radius 2 is 2.13 bits per heavy atom. The molecule has 0 fully saturated rings. The van der Waals surface area contributed by atoms with E-state index >= 15 is 0 Å². The van der Waals surface area contributed by atoms with Crippen LogP contribution in [0.25, 0.3) is 0 Å². The smallest absolute Gasteiger partial charge is 0.318 e. The molecule has 3 rings (SSSR count). The molecule has 0 saturated heterocycles. The van der Waals surface area contributed by atoms with Crippen molar-refractivity contribution in [1.29, 1.82) is 0 Å². The van der Waals surface area contributed by atoms with Crippen molar-refractivity contribution >= 4 is 17.4 Å². The van der Waals surface area contributed by atoms with Gasteiger partial charge in [-0.3, -0.25) is 0 Å². The number of fused-ring (bicyclic) bond motifs is 1. The summed E-state index contributed by atoms with van der Waals surface area (Å²) in [5, 5.41) is 15.1. The number of urea groups is 1. The first-order valence-electron chi connectivity index (χ1n) is 7.97. The topological polar surface area (TPSA) is 52.6 Å². The third kappa shape index (κ3) is 3.12. The van der Waals surface area contributed by atoms with Gasteiger partial charge in [-0.15, -0.1) is 11.3 Å². The van der Waals surface area contributed by atoms with Crippen LogP contribution in [0.2, 0.25) is 0 Å². The first kappa shape index (κ1) is 16.0. The van der Waals surface area contributed by atoms with Crippen LogP contribution in [0.3, 0.4) is 0 Å². The van der Waals surface area contributed by atoms with Gasteiger partial charge in [0.2, 0.25) is 0 Å². The maximum Gasteiger partial charge on any atom is 0.318 e. The van der Waals surface area contributed by atoms with Crippen LogP contribution in [-0.2, 0) is 18.5 Å². The molecule has 2 heterocycles. The van der Waals surface area contributed by atoms with Gasteiger partial charge in [-0.1, -0.05) is 37.3 Å². The molecule has 2 aromatic rings. The van der Waals surface area contributed by atoms with Crippen LogP contribution < -0.4 is 5.32 Å². The molecule has 0 radical (unpaired) electrons. The average Bonchev–Trinajstić information content (AvgIpc) is 3.08. The lowest BCUT2D eigenvalue weighted by Gasteiger charge is -2.36. The molecule has 1 aromatic heterocycles. The van der Waals surface area contributed by atoms with Crippen molar-refractivity contribution in [3.63, 3.8) is 0 Å². The van der Waals surface area contributed by atoms with Crippen LogP contribution in [0.1, 0.15) is 29.3 Å². The molecule has 2 amide bonds. The molecule has 2 N–H and O–H groups in total. The van der Waals surface area contributed by atoms with E-state index in [9.17, 15) is 9.90 Å². The van der Waals surface area contributed by atoms with Gasteiger partial charge < -0.3 is 15.3 Å². The van der Waals surface area contributed by atoms with E-state index in [1.165, 1.54) is 10.4 Å². The minimum atomic E-state index is -0.729. The summed E-state index contributed by atoms with van der Waals surface area (Å²) >= 11 is 1.76. The van der Waals surface area contributed by atoms with Crippen molar-refractivity contribution in [3.8, 4) is 0 Å². The van der Waals surface area contributed by atoms with Gasteiger partial charge in [0.15, 0.2) is 0 Å². The fourth-order valence-corrected chi connectivity index (χ4v) is 3.96. The third-order valence-electron chi connectivity index (χ3n) is 4.64. The van der Waals surface area contributed by atoms with Crippen molar-refractivity contribution in [2.45, 2.75) is 31.8 Å². The zero-order valence-corrected chi connectivity index (χ0v) is 14.1. The van der Waals surface area contributed by atoms with Gasteiger partial charge in [0, 0.05) is 18.0 Å². The Labute approximate surface area is 140 Å². The molecule has 4 nitrogen and oxygen atoms in total. The lowest BCUT2D eigenvalue weighted by molar-refractivity contribution is 0.136.